The van der Waals surface area contributed by atoms with Crippen LogP contribution in [0.5, 0.6) is 0 Å². The molecule has 23 heavy (non-hydrogen) atoms. The van der Waals surface area contributed by atoms with E-state index in [1.807, 2.05) is 12.1 Å². The van der Waals surface area contributed by atoms with Gasteiger partial charge in [0.25, 0.3) is 5.91 Å². The van der Waals surface area contributed by atoms with Crippen LogP contribution in [0.4, 0.5) is 0 Å². The lowest BCUT2D eigenvalue weighted by atomic mass is 10.1. The highest BCUT2D eigenvalue weighted by Gasteiger charge is 2.42. The molecule has 0 saturated heterocycles. The largest absolute Gasteiger partial charge is 0.277 e. The Morgan fingerprint density at radius 1 is 1.17 bits per heavy atom. The third kappa shape index (κ3) is 5.04. The average molecular weight is 343 g/mol. The number of nitrogens with one attached hydrogen (secondary N) is 1. The van der Waals surface area contributed by atoms with Crippen molar-refractivity contribution in [3.8, 4) is 0 Å². The second kappa shape index (κ2) is 9.03. The van der Waals surface area contributed by atoms with Crippen LogP contribution >= 0.6 is 0 Å². The summed E-state index contributed by atoms with van der Waals surface area (Å²) in [6.45, 7) is 4.88. The molecule has 5 nitrogen and oxygen atoms in total. The minimum Gasteiger partial charge on any atom is -0.277 e. The van der Waals surface area contributed by atoms with E-state index in [1.165, 1.54) is 21.0 Å². The van der Waals surface area contributed by atoms with Crippen molar-refractivity contribution >= 4 is 15.7 Å². The molecule has 1 N–H and O–H groups in total. The van der Waals surface area contributed by atoms with Crippen LogP contribution in [-0.4, -0.2) is 26.2 Å². The second-order valence-corrected chi connectivity index (χ2v) is 8.25. The number of sulfone groups is 1. The zero-order chi connectivity index (χ0) is 16.8. The Morgan fingerprint density at radius 2 is 1.74 bits per heavy atom. The number of hydrogen-bond donors (Lipinski definition) is 1. The van der Waals surface area contributed by atoms with E-state index in [9.17, 15) is 13.2 Å². The number of amides is 1. The molecule has 1 rings (SSSR count). The van der Waals surface area contributed by atoms with Gasteiger partial charge in [0, 0.05) is 0 Å². The van der Waals surface area contributed by atoms with Crippen LogP contribution in [0.3, 0.4) is 0 Å². The molecule has 1 aromatic carbocycles. The Hall–Kier alpha value is -1.40. The van der Waals surface area contributed by atoms with E-state index >= 15 is 0 Å². The normalized spacial score (nSPS) is 11.7. The van der Waals surface area contributed by atoms with Gasteiger partial charge in [0.2, 0.25) is 0 Å². The molecule has 0 radical (unpaired) electrons. The van der Waals surface area contributed by atoms with Gasteiger partial charge in [0.05, 0.1) is 12.0 Å². The summed E-state index contributed by atoms with van der Waals surface area (Å²) < 4.78 is 23.6. The van der Waals surface area contributed by atoms with Gasteiger partial charge in [-0.25, -0.2) is 13.9 Å². The number of unbranched alkanes of at least 4 members (excludes halogenated alkanes) is 2. The van der Waals surface area contributed by atoms with Crippen LogP contribution in [0, 0.1) is 0 Å². The number of carbonyl (C=O) groups is 1. The maximum absolute atomic E-state index is 12.6. The Morgan fingerprint density at radius 3 is 2.22 bits per heavy atom. The molecular weight excluding hydrogens is 314 g/mol. The first-order valence-electron chi connectivity index (χ1n) is 7.44. The number of aryl methyl sites for hydroxylation is 1. The van der Waals surface area contributed by atoms with Crippen molar-refractivity contribution < 1.29 is 18.0 Å². The predicted molar refractivity (Wildman–Crippen MR) is 92.8 cm³/mol. The molecule has 0 fully saturated rings. The molecule has 0 atom stereocenters. The van der Waals surface area contributed by atoms with Crippen molar-refractivity contribution in [2.24, 2.45) is 0 Å². The highest BCUT2D eigenvalue weighted by molar-refractivity contribution is 7.93. The molecule has 1 aromatic rings. The summed E-state index contributed by atoms with van der Waals surface area (Å²) in [5, 5.41) is 0. The summed E-state index contributed by atoms with van der Waals surface area (Å²) in [6.07, 6.45) is 4.32. The second-order valence-electron chi connectivity index (χ2n) is 5.75. The summed E-state index contributed by atoms with van der Waals surface area (Å²) in [5.74, 6) is -0.693. The molecule has 0 spiro atoms. The van der Waals surface area contributed by atoms with Crippen LogP contribution in [0.15, 0.2) is 29.2 Å². The van der Waals surface area contributed by atoms with E-state index in [1.54, 1.807) is 12.1 Å². The van der Waals surface area contributed by atoms with E-state index in [0.29, 0.717) is 0 Å². The van der Waals surface area contributed by atoms with Crippen LogP contribution in [0.1, 0.15) is 53.0 Å². The molecular formula is C17H29NO4S. The first kappa shape index (κ1) is 21.6. The van der Waals surface area contributed by atoms with Gasteiger partial charge in [-0.1, -0.05) is 39.3 Å². The van der Waals surface area contributed by atoms with E-state index in [4.69, 9.17) is 0 Å². The minimum atomic E-state index is -3.79. The Kier molecular flexibility index (Phi) is 8.48. The van der Waals surface area contributed by atoms with Crippen molar-refractivity contribution in [2.75, 3.05) is 7.11 Å². The first-order chi connectivity index (χ1) is 10.3. The quantitative estimate of drug-likeness (QED) is 0.581. The van der Waals surface area contributed by atoms with E-state index in [0.717, 1.165) is 31.2 Å². The molecule has 0 bridgehead atoms. The van der Waals surface area contributed by atoms with Crippen molar-refractivity contribution in [3.63, 3.8) is 0 Å². The minimum absolute atomic E-state index is 0. The lowest BCUT2D eigenvalue weighted by Gasteiger charge is -2.23. The monoisotopic (exact) mass is 343 g/mol. The van der Waals surface area contributed by atoms with Crippen LogP contribution in [0.25, 0.3) is 0 Å². The molecule has 0 aliphatic heterocycles. The topological polar surface area (TPSA) is 72.5 Å². The van der Waals surface area contributed by atoms with E-state index in [2.05, 4.69) is 17.2 Å². The van der Waals surface area contributed by atoms with Gasteiger partial charge < -0.3 is 0 Å². The fourth-order valence-electron chi connectivity index (χ4n) is 2.05. The predicted octanol–water partition coefficient (Wildman–Crippen LogP) is 3.29. The molecule has 0 unspecified atom stereocenters. The van der Waals surface area contributed by atoms with Crippen molar-refractivity contribution in [3.05, 3.63) is 29.8 Å². The third-order valence-electron chi connectivity index (χ3n) is 3.72. The molecule has 132 valence electrons. The van der Waals surface area contributed by atoms with Crippen molar-refractivity contribution in [1.82, 2.24) is 5.48 Å². The van der Waals surface area contributed by atoms with Crippen LogP contribution in [-0.2, 0) is 25.9 Å². The molecule has 6 heteroatoms. The zero-order valence-electron chi connectivity index (χ0n) is 13.7. The van der Waals surface area contributed by atoms with Crippen molar-refractivity contribution in [1.29, 1.82) is 0 Å². The third-order valence-corrected chi connectivity index (χ3v) is 6.14. The number of carbonyl (C=O) groups excluding carboxylic acids is 1. The van der Waals surface area contributed by atoms with Gasteiger partial charge >= 0.3 is 0 Å². The summed E-state index contributed by atoms with van der Waals surface area (Å²) in [5.41, 5.74) is 3.19. The number of hydrogen-bond acceptors (Lipinski definition) is 4. The first-order valence-corrected chi connectivity index (χ1v) is 8.92. The Bertz CT molecular complexity index is 592. The van der Waals surface area contributed by atoms with Crippen molar-refractivity contribution in [2.45, 2.75) is 63.5 Å². The highest BCUT2D eigenvalue weighted by Crippen LogP contribution is 2.26. The van der Waals surface area contributed by atoms with Crippen LogP contribution < -0.4 is 5.48 Å². The van der Waals surface area contributed by atoms with Gasteiger partial charge in [0.1, 0.15) is 0 Å². The standard InChI is InChI=1S/C16H25NO4S.CH4/c1-5-6-7-8-13-9-11-14(12-10-13)22(19,20)16(2,3)15(18)17-21-4;/h9-12H,5-8H2,1-4H3,(H,17,18);1H4. The molecule has 0 heterocycles. The van der Waals surface area contributed by atoms with Gasteiger partial charge in [0.15, 0.2) is 14.6 Å². The van der Waals surface area contributed by atoms with E-state index < -0.39 is 20.5 Å². The lowest BCUT2D eigenvalue weighted by molar-refractivity contribution is -0.133. The highest BCUT2D eigenvalue weighted by atomic mass is 32.2. The Balaban J connectivity index is 0.00000484. The van der Waals surface area contributed by atoms with Gasteiger partial charge in [-0.2, -0.15) is 0 Å². The maximum Gasteiger partial charge on any atom is 0.264 e. The number of rotatable bonds is 8. The van der Waals surface area contributed by atoms with E-state index in [-0.39, 0.29) is 12.3 Å². The average Bonchev–Trinajstić information content (AvgIpc) is 2.48. The maximum atomic E-state index is 12.6. The Labute approximate surface area is 140 Å². The molecule has 0 aliphatic rings. The summed E-state index contributed by atoms with van der Waals surface area (Å²) >= 11 is 0. The fourth-order valence-corrected chi connectivity index (χ4v) is 3.42. The van der Waals surface area contributed by atoms with Gasteiger partial charge in [-0.3, -0.25) is 9.63 Å². The fraction of sp³-hybridized carbons (Fsp3) is 0.588. The number of hydroxylamine groups is 1. The SMILES string of the molecule is C.CCCCCc1ccc(S(=O)(=O)C(C)(C)C(=O)NOC)cc1. The van der Waals surface area contributed by atoms with Gasteiger partial charge in [-0.15, -0.1) is 0 Å². The molecule has 0 saturated carbocycles. The number of benzene rings is 1. The molecule has 0 aliphatic carbocycles. The molecule has 1 amide bonds. The van der Waals surface area contributed by atoms with Gasteiger partial charge in [-0.05, 0) is 44.4 Å². The summed E-state index contributed by atoms with van der Waals surface area (Å²) in [6, 6.07) is 6.76. The smallest absolute Gasteiger partial charge is 0.264 e. The summed E-state index contributed by atoms with van der Waals surface area (Å²) in [4.78, 5) is 16.6. The van der Waals surface area contributed by atoms with Crippen LogP contribution in [0.2, 0.25) is 0 Å². The summed E-state index contributed by atoms with van der Waals surface area (Å²) in [7, 11) is -2.52. The molecule has 0 aromatic heterocycles. The zero-order valence-corrected chi connectivity index (χ0v) is 14.5. The lowest BCUT2D eigenvalue weighted by Crippen LogP contribution is -2.47.